The third-order valence-corrected chi connectivity index (χ3v) is 3.97. The van der Waals surface area contributed by atoms with Crippen LogP contribution >= 0.6 is 0 Å². The molecule has 0 bridgehead atoms. The van der Waals surface area contributed by atoms with Gasteiger partial charge in [0.25, 0.3) is 6.01 Å². The summed E-state index contributed by atoms with van der Waals surface area (Å²) in [7, 11) is 1.65. The van der Waals surface area contributed by atoms with Gasteiger partial charge in [0, 0.05) is 13.2 Å². The van der Waals surface area contributed by atoms with E-state index in [-0.39, 0.29) is 18.0 Å². The van der Waals surface area contributed by atoms with Gasteiger partial charge in [-0.1, -0.05) is 5.21 Å². The fourth-order valence-corrected chi connectivity index (χ4v) is 2.69. The van der Waals surface area contributed by atoms with Crippen LogP contribution in [0, 0.1) is 5.82 Å². The lowest BCUT2D eigenvalue weighted by molar-refractivity contribution is 0.0661. The molecule has 126 valence electrons. The Balaban J connectivity index is 1.44. The van der Waals surface area contributed by atoms with E-state index in [9.17, 15) is 4.39 Å². The number of ether oxygens (including phenoxy) is 2. The van der Waals surface area contributed by atoms with Crippen molar-refractivity contribution in [1.29, 1.82) is 0 Å². The first-order valence-corrected chi connectivity index (χ1v) is 7.54. The number of anilines is 1. The summed E-state index contributed by atoms with van der Waals surface area (Å²) in [6.07, 6.45) is 1.81. The van der Waals surface area contributed by atoms with Crippen LogP contribution < -0.4 is 5.32 Å². The Bertz CT molecular complexity index is 849. The monoisotopic (exact) mass is 333 g/mol. The zero-order valence-electron chi connectivity index (χ0n) is 13.0. The molecule has 2 aromatic heterocycles. The van der Waals surface area contributed by atoms with Crippen LogP contribution in [0.2, 0.25) is 0 Å². The Morgan fingerprint density at radius 1 is 1.42 bits per heavy atom. The molecule has 1 aromatic carbocycles. The minimum absolute atomic E-state index is 0.0172. The molecule has 1 fully saturated rings. The predicted octanol–water partition coefficient (Wildman–Crippen LogP) is 1.76. The van der Waals surface area contributed by atoms with Gasteiger partial charge < -0.3 is 19.2 Å². The number of hydrogen-bond acceptors (Lipinski definition) is 7. The maximum atomic E-state index is 13.2. The Morgan fingerprint density at radius 3 is 3.21 bits per heavy atom. The fourth-order valence-electron chi connectivity index (χ4n) is 2.69. The van der Waals surface area contributed by atoms with Gasteiger partial charge in [-0.25, -0.2) is 9.07 Å². The maximum Gasteiger partial charge on any atom is 0.296 e. The largest absolute Gasteiger partial charge is 0.424 e. The first kappa shape index (κ1) is 15.0. The lowest BCUT2D eigenvalue weighted by Crippen LogP contribution is -2.24. The van der Waals surface area contributed by atoms with Gasteiger partial charge in [-0.2, -0.15) is 4.98 Å². The summed E-state index contributed by atoms with van der Waals surface area (Å²) in [6, 6.07) is 4.53. The summed E-state index contributed by atoms with van der Waals surface area (Å²) in [5.74, 6) is -0.350. The zero-order valence-corrected chi connectivity index (χ0v) is 13.0. The molecule has 3 heterocycles. The molecule has 1 aliphatic heterocycles. The third kappa shape index (κ3) is 2.83. The maximum absolute atomic E-state index is 13.2. The molecule has 0 radical (unpaired) electrons. The minimum Gasteiger partial charge on any atom is -0.424 e. The molecule has 1 aliphatic rings. The average molecular weight is 333 g/mol. The van der Waals surface area contributed by atoms with Crippen molar-refractivity contribution >= 4 is 17.1 Å². The van der Waals surface area contributed by atoms with Gasteiger partial charge >= 0.3 is 0 Å². The van der Waals surface area contributed by atoms with E-state index in [1.165, 1.54) is 12.1 Å². The second-order valence-electron chi connectivity index (χ2n) is 5.55. The molecule has 4 rings (SSSR count). The normalized spacial score (nSPS) is 20.8. The van der Waals surface area contributed by atoms with Crippen LogP contribution in [0.15, 0.2) is 28.8 Å². The van der Waals surface area contributed by atoms with Crippen molar-refractivity contribution in [3.63, 3.8) is 0 Å². The lowest BCUT2D eigenvalue weighted by atomic mass is 10.2. The van der Waals surface area contributed by atoms with Gasteiger partial charge in [-0.05, 0) is 12.1 Å². The summed E-state index contributed by atoms with van der Waals surface area (Å²) in [5, 5.41) is 11.3. The highest BCUT2D eigenvalue weighted by Crippen LogP contribution is 2.22. The number of rotatable bonds is 5. The van der Waals surface area contributed by atoms with Crippen LogP contribution in [0.3, 0.4) is 0 Å². The highest BCUT2D eigenvalue weighted by atomic mass is 19.1. The molecule has 1 saturated heterocycles. The van der Waals surface area contributed by atoms with Crippen LogP contribution in [-0.2, 0) is 16.0 Å². The Morgan fingerprint density at radius 2 is 2.33 bits per heavy atom. The van der Waals surface area contributed by atoms with Gasteiger partial charge in [-0.15, -0.1) is 5.10 Å². The van der Waals surface area contributed by atoms with Gasteiger partial charge in [0.15, 0.2) is 5.58 Å². The predicted molar refractivity (Wildman–Crippen MR) is 82.0 cm³/mol. The topological polar surface area (TPSA) is 87.2 Å². The molecule has 8 nitrogen and oxygen atoms in total. The van der Waals surface area contributed by atoms with Gasteiger partial charge in [-0.3, -0.25) is 0 Å². The van der Waals surface area contributed by atoms with Crippen LogP contribution in [0.4, 0.5) is 10.4 Å². The van der Waals surface area contributed by atoms with E-state index in [1.54, 1.807) is 17.9 Å². The smallest absolute Gasteiger partial charge is 0.296 e. The van der Waals surface area contributed by atoms with Gasteiger partial charge in [0.2, 0.25) is 0 Å². The fraction of sp³-hybridized carbons (Fsp3) is 0.400. The zero-order chi connectivity index (χ0) is 16.5. The molecular formula is C15H16FN5O3. The molecule has 0 spiro atoms. The second-order valence-corrected chi connectivity index (χ2v) is 5.55. The second kappa shape index (κ2) is 6.17. The van der Waals surface area contributed by atoms with E-state index in [0.717, 1.165) is 5.69 Å². The number of halogens is 1. The molecule has 2 atom stereocenters. The van der Waals surface area contributed by atoms with Crippen LogP contribution in [-0.4, -0.2) is 46.4 Å². The summed E-state index contributed by atoms with van der Waals surface area (Å²) in [4.78, 5) is 4.19. The van der Waals surface area contributed by atoms with E-state index >= 15 is 0 Å². The molecule has 9 heteroatoms. The Hall–Kier alpha value is -2.52. The molecule has 3 aromatic rings. The SMILES string of the molecule is CO[C@@H]1COC[C@H]1n1cc(CNc2nc3cc(F)ccc3o2)nn1. The Labute approximate surface area is 136 Å². The summed E-state index contributed by atoms with van der Waals surface area (Å²) < 4.78 is 31.2. The van der Waals surface area contributed by atoms with E-state index < -0.39 is 0 Å². The highest BCUT2D eigenvalue weighted by Gasteiger charge is 2.30. The molecule has 0 amide bonds. The molecule has 24 heavy (non-hydrogen) atoms. The Kier molecular flexibility index (Phi) is 3.87. The number of aromatic nitrogens is 4. The van der Waals surface area contributed by atoms with Crippen molar-refractivity contribution in [3.8, 4) is 0 Å². The van der Waals surface area contributed by atoms with E-state index in [1.807, 2.05) is 6.20 Å². The van der Waals surface area contributed by atoms with Crippen LogP contribution in [0.25, 0.3) is 11.1 Å². The number of nitrogens with zero attached hydrogens (tertiary/aromatic N) is 4. The number of nitrogens with one attached hydrogen (secondary N) is 1. The van der Waals surface area contributed by atoms with Gasteiger partial charge in [0.1, 0.15) is 29.2 Å². The summed E-state index contributed by atoms with van der Waals surface area (Å²) in [5.41, 5.74) is 1.71. The first-order valence-electron chi connectivity index (χ1n) is 7.54. The van der Waals surface area contributed by atoms with Crippen molar-refractivity contribution in [2.75, 3.05) is 25.6 Å². The van der Waals surface area contributed by atoms with Gasteiger partial charge in [0.05, 0.1) is 26.0 Å². The average Bonchev–Trinajstić information content (AvgIpc) is 3.30. The number of hydrogen-bond donors (Lipinski definition) is 1. The quantitative estimate of drug-likeness (QED) is 0.761. The minimum atomic E-state index is -0.350. The third-order valence-electron chi connectivity index (χ3n) is 3.97. The molecular weight excluding hydrogens is 317 g/mol. The molecule has 0 unspecified atom stereocenters. The van der Waals surface area contributed by atoms with Crippen molar-refractivity contribution in [3.05, 3.63) is 35.9 Å². The number of fused-ring (bicyclic) bond motifs is 1. The van der Waals surface area contributed by atoms with E-state index in [4.69, 9.17) is 13.9 Å². The van der Waals surface area contributed by atoms with E-state index in [0.29, 0.717) is 36.9 Å². The van der Waals surface area contributed by atoms with Crippen molar-refractivity contribution in [1.82, 2.24) is 20.0 Å². The summed E-state index contributed by atoms with van der Waals surface area (Å²) in [6.45, 7) is 1.49. The molecule has 0 saturated carbocycles. The summed E-state index contributed by atoms with van der Waals surface area (Å²) >= 11 is 0. The van der Waals surface area contributed by atoms with Crippen LogP contribution in [0.1, 0.15) is 11.7 Å². The molecule has 1 N–H and O–H groups in total. The highest BCUT2D eigenvalue weighted by molar-refractivity contribution is 5.74. The lowest BCUT2D eigenvalue weighted by Gasteiger charge is -2.15. The van der Waals surface area contributed by atoms with Crippen molar-refractivity contribution in [2.24, 2.45) is 0 Å². The van der Waals surface area contributed by atoms with Crippen molar-refractivity contribution in [2.45, 2.75) is 18.7 Å². The van der Waals surface area contributed by atoms with Crippen molar-refractivity contribution < 1.29 is 18.3 Å². The number of methoxy groups -OCH3 is 1. The first-order chi connectivity index (χ1) is 11.7. The standard InChI is InChI=1S/C15H16FN5O3/c1-22-14-8-23-7-12(14)21-6-10(19-20-21)5-17-15-18-11-4-9(16)2-3-13(11)24-15/h2-4,6,12,14H,5,7-8H2,1H3,(H,17,18)/t12-,14-/m1/s1. The molecule has 0 aliphatic carbocycles. The number of oxazole rings is 1. The van der Waals surface area contributed by atoms with E-state index in [2.05, 4.69) is 20.6 Å². The number of benzene rings is 1. The van der Waals surface area contributed by atoms with Crippen LogP contribution in [0.5, 0.6) is 0 Å².